The van der Waals surface area contributed by atoms with Crippen LogP contribution in [0.25, 0.3) is 0 Å². The summed E-state index contributed by atoms with van der Waals surface area (Å²) >= 11 is 0. The molecule has 2 rings (SSSR count). The topological polar surface area (TPSA) is 47.0 Å². The van der Waals surface area contributed by atoms with E-state index in [1.165, 1.54) is 38.5 Å². The average Bonchev–Trinajstić information content (AvgIpc) is 3.32. The highest BCUT2D eigenvalue weighted by Crippen LogP contribution is 2.39. The molecule has 0 atom stereocenters. The molecule has 1 aliphatic carbocycles. The highest BCUT2D eigenvalue weighted by atomic mass is 16.5. The van der Waals surface area contributed by atoms with Crippen molar-refractivity contribution in [2.45, 2.75) is 71.1 Å². The van der Waals surface area contributed by atoms with Gasteiger partial charge in [0.15, 0.2) is 0 Å². The Morgan fingerprint density at radius 1 is 1.10 bits per heavy atom. The molecule has 0 unspecified atom stereocenters. The summed E-state index contributed by atoms with van der Waals surface area (Å²) in [6.07, 6.45) is 9.71. The largest absolute Gasteiger partial charge is 0.478 e. The minimum Gasteiger partial charge on any atom is -0.478 e. The molecule has 0 amide bonds. The lowest BCUT2D eigenvalue weighted by Gasteiger charge is -2.10. The van der Waals surface area contributed by atoms with Crippen molar-refractivity contribution in [3.05, 3.63) is 11.9 Å². The third kappa shape index (κ3) is 5.90. The monoisotopic (exact) mass is 291 g/mol. The minimum absolute atomic E-state index is 0.556. The fraction of sp³-hybridized carbons (Fsp3) is 0.765. The molecule has 0 radical (unpaired) electrons. The number of nitrogens with one attached hydrogen (secondary N) is 1. The molecule has 4 heteroatoms. The van der Waals surface area contributed by atoms with Crippen molar-refractivity contribution in [2.24, 2.45) is 0 Å². The highest BCUT2D eigenvalue weighted by Gasteiger charge is 2.27. The second-order valence-electron chi connectivity index (χ2n) is 5.91. The predicted molar refractivity (Wildman–Crippen MR) is 87.0 cm³/mol. The van der Waals surface area contributed by atoms with Crippen molar-refractivity contribution in [2.75, 3.05) is 18.5 Å². The van der Waals surface area contributed by atoms with Crippen LogP contribution in [0.1, 0.15) is 77.0 Å². The molecular formula is C17H29N3O. The summed E-state index contributed by atoms with van der Waals surface area (Å²) in [6, 6.07) is 1.95. The summed E-state index contributed by atoms with van der Waals surface area (Å²) in [6.45, 7) is 6.13. The molecule has 1 heterocycles. The quantitative estimate of drug-likeness (QED) is 0.609. The number of unbranched alkanes of at least 4 members (excludes halogenated alkanes) is 4. The fourth-order valence-corrected chi connectivity index (χ4v) is 2.22. The van der Waals surface area contributed by atoms with Crippen molar-refractivity contribution >= 4 is 5.82 Å². The van der Waals surface area contributed by atoms with Gasteiger partial charge < -0.3 is 10.1 Å². The van der Waals surface area contributed by atoms with E-state index < -0.39 is 0 Å². The van der Waals surface area contributed by atoms with Crippen LogP contribution in [0.2, 0.25) is 0 Å². The standard InChI is InChI=1S/C17H29N3O/c1-3-5-7-8-11-18-15-13-16(21-12-6-4-2)20-17(19-15)14-9-10-14/h13-14H,3-12H2,1-2H3,(H,18,19,20). The molecule has 0 bridgehead atoms. The van der Waals surface area contributed by atoms with E-state index in [-0.39, 0.29) is 0 Å². The van der Waals surface area contributed by atoms with Gasteiger partial charge in [0.2, 0.25) is 5.88 Å². The minimum atomic E-state index is 0.556. The Kier molecular flexibility index (Phi) is 6.77. The fourth-order valence-electron chi connectivity index (χ4n) is 2.22. The molecule has 1 aromatic rings. The maximum atomic E-state index is 5.76. The van der Waals surface area contributed by atoms with Gasteiger partial charge in [0, 0.05) is 18.5 Å². The van der Waals surface area contributed by atoms with E-state index in [4.69, 9.17) is 4.74 Å². The molecule has 1 fully saturated rings. The van der Waals surface area contributed by atoms with E-state index in [2.05, 4.69) is 29.1 Å². The Morgan fingerprint density at radius 2 is 1.90 bits per heavy atom. The van der Waals surface area contributed by atoms with Crippen LogP contribution in [0.3, 0.4) is 0 Å². The third-order valence-corrected chi connectivity index (χ3v) is 3.75. The van der Waals surface area contributed by atoms with Crippen molar-refractivity contribution in [3.8, 4) is 5.88 Å². The first-order valence-corrected chi connectivity index (χ1v) is 8.59. The first kappa shape index (κ1) is 16.1. The van der Waals surface area contributed by atoms with Gasteiger partial charge in [0.05, 0.1) is 6.61 Å². The van der Waals surface area contributed by atoms with Gasteiger partial charge in [-0.15, -0.1) is 0 Å². The maximum Gasteiger partial charge on any atom is 0.218 e. The van der Waals surface area contributed by atoms with Gasteiger partial charge >= 0.3 is 0 Å². The summed E-state index contributed by atoms with van der Waals surface area (Å²) in [5.74, 6) is 3.17. The Hall–Kier alpha value is -1.32. The second-order valence-corrected chi connectivity index (χ2v) is 5.91. The Morgan fingerprint density at radius 3 is 2.62 bits per heavy atom. The first-order chi connectivity index (χ1) is 10.3. The highest BCUT2D eigenvalue weighted by molar-refractivity contribution is 5.39. The van der Waals surface area contributed by atoms with Gasteiger partial charge in [-0.25, -0.2) is 4.98 Å². The summed E-state index contributed by atoms with van der Waals surface area (Å²) in [4.78, 5) is 9.19. The molecule has 0 saturated heterocycles. The van der Waals surface area contributed by atoms with Crippen LogP contribution < -0.4 is 10.1 Å². The zero-order valence-electron chi connectivity index (χ0n) is 13.5. The van der Waals surface area contributed by atoms with Gasteiger partial charge in [-0.05, 0) is 25.7 Å². The van der Waals surface area contributed by atoms with Crippen LogP contribution >= 0.6 is 0 Å². The van der Waals surface area contributed by atoms with E-state index in [9.17, 15) is 0 Å². The van der Waals surface area contributed by atoms with E-state index >= 15 is 0 Å². The van der Waals surface area contributed by atoms with Gasteiger partial charge in [0.25, 0.3) is 0 Å². The van der Waals surface area contributed by atoms with Crippen LogP contribution in [0.5, 0.6) is 5.88 Å². The van der Waals surface area contributed by atoms with Gasteiger partial charge in [-0.3, -0.25) is 0 Å². The number of rotatable bonds is 11. The maximum absolute atomic E-state index is 5.76. The van der Waals surface area contributed by atoms with Crippen LogP contribution in [0.15, 0.2) is 6.07 Å². The van der Waals surface area contributed by atoms with E-state index in [1.54, 1.807) is 0 Å². The number of ether oxygens (including phenoxy) is 1. The lowest BCUT2D eigenvalue weighted by molar-refractivity contribution is 0.296. The third-order valence-electron chi connectivity index (χ3n) is 3.75. The molecule has 118 valence electrons. The van der Waals surface area contributed by atoms with E-state index in [0.29, 0.717) is 5.92 Å². The molecule has 0 aromatic carbocycles. The number of nitrogens with zero attached hydrogens (tertiary/aromatic N) is 2. The molecule has 0 aliphatic heterocycles. The number of hydrogen-bond donors (Lipinski definition) is 1. The summed E-state index contributed by atoms with van der Waals surface area (Å²) in [5.41, 5.74) is 0. The van der Waals surface area contributed by atoms with Crippen LogP contribution in [-0.2, 0) is 0 Å². The molecule has 1 saturated carbocycles. The lowest BCUT2D eigenvalue weighted by Crippen LogP contribution is -2.08. The molecule has 1 N–H and O–H groups in total. The van der Waals surface area contributed by atoms with Crippen molar-refractivity contribution in [1.82, 2.24) is 9.97 Å². The van der Waals surface area contributed by atoms with Crippen LogP contribution in [-0.4, -0.2) is 23.1 Å². The average molecular weight is 291 g/mol. The molecule has 4 nitrogen and oxygen atoms in total. The number of aromatic nitrogens is 2. The van der Waals surface area contributed by atoms with Crippen molar-refractivity contribution < 1.29 is 4.74 Å². The van der Waals surface area contributed by atoms with Crippen molar-refractivity contribution in [1.29, 1.82) is 0 Å². The molecule has 0 spiro atoms. The summed E-state index contributed by atoms with van der Waals surface area (Å²) in [7, 11) is 0. The Labute approximate surface area is 128 Å². The van der Waals surface area contributed by atoms with Gasteiger partial charge in [-0.2, -0.15) is 4.98 Å². The summed E-state index contributed by atoms with van der Waals surface area (Å²) in [5, 5.41) is 3.43. The number of anilines is 1. The van der Waals surface area contributed by atoms with E-state index in [0.717, 1.165) is 43.5 Å². The van der Waals surface area contributed by atoms with Gasteiger partial charge in [-0.1, -0.05) is 39.5 Å². The molecule has 1 aromatic heterocycles. The molecule has 21 heavy (non-hydrogen) atoms. The number of hydrogen-bond acceptors (Lipinski definition) is 4. The van der Waals surface area contributed by atoms with Crippen molar-refractivity contribution in [3.63, 3.8) is 0 Å². The normalized spacial score (nSPS) is 14.2. The van der Waals surface area contributed by atoms with Crippen LogP contribution in [0, 0.1) is 0 Å². The first-order valence-electron chi connectivity index (χ1n) is 8.59. The second kappa shape index (κ2) is 8.85. The Balaban J connectivity index is 1.88. The predicted octanol–water partition coefficient (Wildman–Crippen LogP) is 4.53. The molecular weight excluding hydrogens is 262 g/mol. The van der Waals surface area contributed by atoms with Crippen LogP contribution in [0.4, 0.5) is 5.82 Å². The smallest absolute Gasteiger partial charge is 0.218 e. The SMILES string of the molecule is CCCCCCNc1cc(OCCCC)nc(C2CC2)n1. The Bertz CT molecular complexity index is 418. The lowest BCUT2D eigenvalue weighted by atomic mass is 10.2. The molecule has 1 aliphatic rings. The summed E-state index contributed by atoms with van der Waals surface area (Å²) < 4.78 is 5.76. The van der Waals surface area contributed by atoms with E-state index in [1.807, 2.05) is 6.07 Å². The van der Waals surface area contributed by atoms with Gasteiger partial charge in [0.1, 0.15) is 11.6 Å². The zero-order chi connectivity index (χ0) is 14.9. The zero-order valence-corrected chi connectivity index (χ0v) is 13.5.